The van der Waals surface area contributed by atoms with Crippen molar-refractivity contribution >= 4 is 5.94 Å². The van der Waals surface area contributed by atoms with Crippen LogP contribution in [0.3, 0.4) is 0 Å². The van der Waals surface area contributed by atoms with Crippen molar-refractivity contribution in [2.45, 2.75) is 0 Å². The minimum atomic E-state index is 0.654. The molecule has 0 saturated carbocycles. The molecule has 0 radical (unpaired) electrons. The summed E-state index contributed by atoms with van der Waals surface area (Å²) in [4.78, 5) is 11.6. The predicted octanol–water partition coefficient (Wildman–Crippen LogP) is 1.01. The van der Waals surface area contributed by atoms with Gasteiger partial charge in [-0.25, -0.2) is 4.79 Å². The fraction of sp³-hybridized carbons (Fsp3) is 0.250. The van der Waals surface area contributed by atoms with Crippen LogP contribution in [0.25, 0.3) is 0 Å². The summed E-state index contributed by atoms with van der Waals surface area (Å²) in [5.74, 6) is 1.69. The van der Waals surface area contributed by atoms with E-state index >= 15 is 0 Å². The zero-order valence-corrected chi connectivity index (χ0v) is 5.92. The van der Waals surface area contributed by atoms with Crippen molar-refractivity contribution in [3.05, 3.63) is 31.5 Å². The van der Waals surface area contributed by atoms with Gasteiger partial charge in [-0.1, -0.05) is 12.2 Å². The third kappa shape index (κ3) is 3.70. The maximum absolute atomic E-state index is 9.87. The lowest BCUT2D eigenvalue weighted by Crippen LogP contribution is -2.16. The Morgan fingerprint density at radius 2 is 1.80 bits per heavy atom. The van der Waals surface area contributed by atoms with Crippen LogP contribution >= 0.6 is 0 Å². The van der Waals surface area contributed by atoms with E-state index < -0.39 is 0 Å². The second-order valence-electron chi connectivity index (χ2n) is 1.78. The Bertz CT molecular complexity index is 147. The number of nitrogens with zero attached hydrogens (tertiary/aromatic N) is 1. The molecular formula is C8H11NO. The van der Waals surface area contributed by atoms with E-state index in [1.165, 1.54) is 6.20 Å². The third-order valence-corrected chi connectivity index (χ3v) is 0.962. The van der Waals surface area contributed by atoms with Gasteiger partial charge < -0.3 is 4.90 Å². The molecule has 0 N–H and O–H groups in total. The summed E-state index contributed by atoms with van der Waals surface area (Å²) in [5.41, 5.74) is 0. The Balaban J connectivity index is 3.81. The van der Waals surface area contributed by atoms with Crippen LogP contribution in [-0.2, 0) is 4.79 Å². The molecule has 10 heavy (non-hydrogen) atoms. The van der Waals surface area contributed by atoms with Crippen molar-refractivity contribution in [3.63, 3.8) is 0 Å². The molecule has 0 saturated heterocycles. The standard InChI is InChI=1S/C8H11NO/c1-3-5-9(6-4-2)7-8-10/h3-4,7H,1-2,5-6H2. The minimum Gasteiger partial charge on any atom is -0.361 e. The van der Waals surface area contributed by atoms with Gasteiger partial charge in [0.1, 0.15) is 5.94 Å². The minimum absolute atomic E-state index is 0.654. The molecule has 0 aromatic carbocycles. The lowest BCUT2D eigenvalue weighted by molar-refractivity contribution is 0.461. The molecule has 0 fully saturated rings. The van der Waals surface area contributed by atoms with Gasteiger partial charge in [0.15, 0.2) is 0 Å². The van der Waals surface area contributed by atoms with E-state index in [1.54, 1.807) is 23.0 Å². The van der Waals surface area contributed by atoms with Crippen molar-refractivity contribution in [3.8, 4) is 0 Å². The fourth-order valence-corrected chi connectivity index (χ4v) is 0.586. The molecule has 0 unspecified atom stereocenters. The summed E-state index contributed by atoms with van der Waals surface area (Å²) in [7, 11) is 0. The summed E-state index contributed by atoms with van der Waals surface area (Å²) < 4.78 is 0. The summed E-state index contributed by atoms with van der Waals surface area (Å²) in [6.07, 6.45) is 4.79. The summed E-state index contributed by atoms with van der Waals surface area (Å²) in [6.45, 7) is 8.39. The number of hydrogen-bond donors (Lipinski definition) is 0. The Morgan fingerprint density at radius 1 is 1.30 bits per heavy atom. The van der Waals surface area contributed by atoms with E-state index in [-0.39, 0.29) is 0 Å². The van der Waals surface area contributed by atoms with E-state index in [1.807, 2.05) is 0 Å². The Morgan fingerprint density at radius 3 is 2.10 bits per heavy atom. The number of hydrogen-bond acceptors (Lipinski definition) is 2. The van der Waals surface area contributed by atoms with Gasteiger partial charge in [0.2, 0.25) is 0 Å². The Labute approximate surface area is 61.1 Å². The zero-order valence-electron chi connectivity index (χ0n) is 5.92. The molecule has 0 rings (SSSR count). The average Bonchev–Trinajstić information content (AvgIpc) is 1.90. The predicted molar refractivity (Wildman–Crippen MR) is 42.2 cm³/mol. The molecule has 0 heterocycles. The highest BCUT2D eigenvalue weighted by molar-refractivity contribution is 5.44. The molecule has 0 aliphatic rings. The fourth-order valence-electron chi connectivity index (χ4n) is 0.586. The summed E-state index contributed by atoms with van der Waals surface area (Å²) in [6, 6.07) is 0. The van der Waals surface area contributed by atoms with Crippen LogP contribution in [0.15, 0.2) is 31.5 Å². The molecule has 0 aromatic heterocycles. The van der Waals surface area contributed by atoms with E-state index in [0.29, 0.717) is 13.1 Å². The van der Waals surface area contributed by atoms with E-state index in [4.69, 9.17) is 0 Å². The second kappa shape index (κ2) is 5.86. The van der Waals surface area contributed by atoms with Crippen molar-refractivity contribution in [1.82, 2.24) is 4.90 Å². The molecule has 0 atom stereocenters. The van der Waals surface area contributed by atoms with Crippen molar-refractivity contribution in [1.29, 1.82) is 0 Å². The lowest BCUT2D eigenvalue weighted by atomic mass is 10.5. The van der Waals surface area contributed by atoms with Crippen molar-refractivity contribution in [2.75, 3.05) is 13.1 Å². The second-order valence-corrected chi connectivity index (χ2v) is 1.78. The average molecular weight is 137 g/mol. The maximum atomic E-state index is 9.87. The first kappa shape index (κ1) is 8.73. The first-order valence-electron chi connectivity index (χ1n) is 3.02. The molecule has 0 spiro atoms. The molecule has 0 amide bonds. The highest BCUT2D eigenvalue weighted by Gasteiger charge is 1.90. The molecule has 0 aliphatic carbocycles. The maximum Gasteiger partial charge on any atom is 0.142 e. The van der Waals surface area contributed by atoms with Gasteiger partial charge in [-0.2, -0.15) is 0 Å². The topological polar surface area (TPSA) is 20.3 Å². The zero-order chi connectivity index (χ0) is 7.82. The summed E-state index contributed by atoms with van der Waals surface area (Å²) >= 11 is 0. The smallest absolute Gasteiger partial charge is 0.142 e. The van der Waals surface area contributed by atoms with Crippen LogP contribution in [0.4, 0.5) is 0 Å². The number of carbonyl (C=O) groups excluding carboxylic acids is 1. The van der Waals surface area contributed by atoms with Gasteiger partial charge in [0.25, 0.3) is 0 Å². The van der Waals surface area contributed by atoms with Crippen LogP contribution in [0.2, 0.25) is 0 Å². The van der Waals surface area contributed by atoms with Crippen LogP contribution in [0, 0.1) is 0 Å². The van der Waals surface area contributed by atoms with Crippen LogP contribution in [0.5, 0.6) is 0 Å². The van der Waals surface area contributed by atoms with Gasteiger partial charge in [0.05, 0.1) is 6.20 Å². The van der Waals surface area contributed by atoms with E-state index in [9.17, 15) is 4.79 Å². The first-order valence-corrected chi connectivity index (χ1v) is 3.02. The quantitative estimate of drug-likeness (QED) is 0.416. The molecule has 0 aliphatic heterocycles. The largest absolute Gasteiger partial charge is 0.361 e. The van der Waals surface area contributed by atoms with Crippen LogP contribution in [-0.4, -0.2) is 23.9 Å². The van der Waals surface area contributed by atoms with Gasteiger partial charge >= 0.3 is 0 Å². The van der Waals surface area contributed by atoms with E-state index in [2.05, 4.69) is 13.2 Å². The summed E-state index contributed by atoms with van der Waals surface area (Å²) in [5, 5.41) is 0. The van der Waals surface area contributed by atoms with Gasteiger partial charge in [-0.15, -0.1) is 13.2 Å². The SMILES string of the molecule is C=CCN(C=C=O)CC=C. The molecule has 0 aromatic rings. The van der Waals surface area contributed by atoms with Gasteiger partial charge in [-0.3, -0.25) is 0 Å². The van der Waals surface area contributed by atoms with Crippen LogP contribution in [0.1, 0.15) is 0 Å². The molecule has 54 valence electrons. The Kier molecular flexibility index (Phi) is 5.12. The monoisotopic (exact) mass is 137 g/mol. The Hall–Kier alpha value is -1.27. The van der Waals surface area contributed by atoms with E-state index in [0.717, 1.165) is 0 Å². The number of rotatable bonds is 5. The molecule has 2 nitrogen and oxygen atoms in total. The molecule has 2 heteroatoms. The molecule has 0 bridgehead atoms. The molecular weight excluding hydrogens is 126 g/mol. The van der Waals surface area contributed by atoms with Gasteiger partial charge in [0, 0.05) is 13.1 Å². The van der Waals surface area contributed by atoms with Crippen molar-refractivity contribution in [2.24, 2.45) is 0 Å². The van der Waals surface area contributed by atoms with Crippen molar-refractivity contribution < 1.29 is 4.79 Å². The highest BCUT2D eigenvalue weighted by atomic mass is 16.1. The highest BCUT2D eigenvalue weighted by Crippen LogP contribution is 1.86. The van der Waals surface area contributed by atoms with Gasteiger partial charge in [-0.05, 0) is 0 Å². The third-order valence-electron chi connectivity index (χ3n) is 0.962. The lowest BCUT2D eigenvalue weighted by Gasteiger charge is -2.12. The van der Waals surface area contributed by atoms with Crippen LogP contribution < -0.4 is 0 Å². The first-order chi connectivity index (χ1) is 4.85. The normalized spacial score (nSPS) is 7.60.